The highest BCUT2D eigenvalue weighted by Crippen LogP contribution is 2.23. The Kier molecular flexibility index (Phi) is 8.39. The Morgan fingerprint density at radius 1 is 1.00 bits per heavy atom. The van der Waals surface area contributed by atoms with Gasteiger partial charge >= 0.3 is 12.0 Å². The molecule has 0 saturated heterocycles. The zero-order chi connectivity index (χ0) is 25.8. The highest BCUT2D eigenvalue weighted by molar-refractivity contribution is 6.07. The van der Waals surface area contributed by atoms with Gasteiger partial charge in [-0.05, 0) is 77.8 Å². The van der Waals surface area contributed by atoms with Crippen LogP contribution in [0.5, 0.6) is 0 Å². The van der Waals surface area contributed by atoms with Crippen LogP contribution < -0.4 is 16.0 Å². The molecule has 0 bridgehead atoms. The van der Waals surface area contributed by atoms with Crippen molar-refractivity contribution in [2.24, 2.45) is 0 Å². The van der Waals surface area contributed by atoms with Gasteiger partial charge in [0.15, 0.2) is 6.04 Å². The van der Waals surface area contributed by atoms with E-state index in [1.165, 1.54) is 13.0 Å². The summed E-state index contributed by atoms with van der Waals surface area (Å²) in [6.07, 6.45) is -0.853. The maximum atomic E-state index is 13.9. The second-order valence-electron chi connectivity index (χ2n) is 9.27. The lowest BCUT2D eigenvalue weighted by atomic mass is 10.1. The van der Waals surface area contributed by atoms with Crippen LogP contribution in [0.1, 0.15) is 54.7 Å². The third kappa shape index (κ3) is 7.28. The number of carboxylic acid groups (broad SMARTS) is 1. The highest BCUT2D eigenvalue weighted by atomic mass is 19.1. The van der Waals surface area contributed by atoms with Crippen LogP contribution >= 0.6 is 0 Å². The minimum Gasteiger partial charge on any atom is -0.480 e. The summed E-state index contributed by atoms with van der Waals surface area (Å²) in [6, 6.07) is 5.01. The standard InChI is InChI=1S/C25H32FN3O5/c1-13-10-14(2)20(15(3)11-13)29-24(33)27-19-12-17(26)8-9-18(19)22(30)28-21(23(31)32)16(4)34-25(5,6)7/h8-12,16,21H,1-7H3,(H,28,30)(H,31,32)(H2,27,29,33)/t16-,21+/m1/s1. The summed E-state index contributed by atoms with van der Waals surface area (Å²) in [5, 5.41) is 17.2. The number of hydrogen-bond donors (Lipinski definition) is 4. The molecule has 4 N–H and O–H groups in total. The SMILES string of the molecule is Cc1cc(C)c(NC(=O)Nc2cc(F)ccc2C(=O)N[C@H](C(=O)O)[C@@H](C)OC(C)(C)C)c(C)c1. The molecule has 34 heavy (non-hydrogen) atoms. The molecule has 0 fully saturated rings. The summed E-state index contributed by atoms with van der Waals surface area (Å²) in [4.78, 5) is 37.4. The zero-order valence-corrected chi connectivity index (χ0v) is 20.5. The van der Waals surface area contributed by atoms with Crippen molar-refractivity contribution in [3.05, 3.63) is 58.4 Å². The summed E-state index contributed by atoms with van der Waals surface area (Å²) in [5.41, 5.74) is 2.51. The largest absolute Gasteiger partial charge is 0.480 e. The van der Waals surface area contributed by atoms with E-state index in [0.717, 1.165) is 28.8 Å². The number of aryl methyl sites for hydroxylation is 3. The monoisotopic (exact) mass is 473 g/mol. The van der Waals surface area contributed by atoms with Crippen LogP contribution in [-0.4, -0.2) is 40.8 Å². The molecular formula is C25H32FN3O5. The van der Waals surface area contributed by atoms with Gasteiger partial charge in [0.05, 0.1) is 23.0 Å². The van der Waals surface area contributed by atoms with Gasteiger partial charge < -0.3 is 25.8 Å². The second-order valence-corrected chi connectivity index (χ2v) is 9.27. The summed E-state index contributed by atoms with van der Waals surface area (Å²) in [7, 11) is 0. The molecule has 0 aliphatic carbocycles. The first kappa shape index (κ1) is 26.8. The van der Waals surface area contributed by atoms with E-state index in [1.54, 1.807) is 20.8 Å². The number of aliphatic carboxylic acids is 1. The first-order chi connectivity index (χ1) is 15.7. The number of urea groups is 1. The highest BCUT2D eigenvalue weighted by Gasteiger charge is 2.31. The van der Waals surface area contributed by atoms with E-state index in [-0.39, 0.29) is 11.3 Å². The van der Waals surface area contributed by atoms with E-state index in [0.29, 0.717) is 5.69 Å². The summed E-state index contributed by atoms with van der Waals surface area (Å²) < 4.78 is 19.6. The molecule has 3 amide bonds. The fourth-order valence-electron chi connectivity index (χ4n) is 3.69. The number of carboxylic acids is 1. The van der Waals surface area contributed by atoms with Crippen molar-refractivity contribution in [1.29, 1.82) is 0 Å². The van der Waals surface area contributed by atoms with Crippen LogP contribution in [0.25, 0.3) is 0 Å². The summed E-state index contributed by atoms with van der Waals surface area (Å²) >= 11 is 0. The third-order valence-electron chi connectivity index (χ3n) is 4.95. The zero-order valence-electron chi connectivity index (χ0n) is 20.5. The lowest BCUT2D eigenvalue weighted by Crippen LogP contribution is -2.50. The lowest BCUT2D eigenvalue weighted by Gasteiger charge is -2.29. The molecule has 9 heteroatoms. The van der Waals surface area contributed by atoms with Gasteiger partial charge in [-0.25, -0.2) is 14.0 Å². The average Bonchev–Trinajstić information content (AvgIpc) is 2.67. The molecule has 0 saturated carbocycles. The van der Waals surface area contributed by atoms with Gasteiger partial charge in [0.25, 0.3) is 5.91 Å². The smallest absolute Gasteiger partial charge is 0.328 e. The number of halogens is 1. The Morgan fingerprint density at radius 2 is 1.59 bits per heavy atom. The van der Waals surface area contributed by atoms with Crippen LogP contribution in [0.2, 0.25) is 0 Å². The van der Waals surface area contributed by atoms with E-state index < -0.39 is 41.5 Å². The number of carbonyl (C=O) groups excluding carboxylic acids is 2. The van der Waals surface area contributed by atoms with Crippen molar-refractivity contribution in [3.8, 4) is 0 Å². The number of rotatable bonds is 7. The molecular weight excluding hydrogens is 441 g/mol. The maximum Gasteiger partial charge on any atom is 0.328 e. The number of amides is 3. The Bertz CT molecular complexity index is 1070. The average molecular weight is 474 g/mol. The van der Waals surface area contributed by atoms with E-state index in [9.17, 15) is 23.9 Å². The number of ether oxygens (including phenoxy) is 1. The number of benzene rings is 2. The normalized spacial score (nSPS) is 13.1. The minimum absolute atomic E-state index is 0.0943. The molecule has 184 valence electrons. The Labute approximate surface area is 198 Å². The molecule has 2 aromatic rings. The van der Waals surface area contributed by atoms with Crippen molar-refractivity contribution < 1.29 is 28.6 Å². The topological polar surface area (TPSA) is 117 Å². The molecule has 0 aliphatic rings. The van der Waals surface area contributed by atoms with E-state index >= 15 is 0 Å². The van der Waals surface area contributed by atoms with Gasteiger partial charge in [-0.1, -0.05) is 17.7 Å². The fraction of sp³-hybridized carbons (Fsp3) is 0.400. The van der Waals surface area contributed by atoms with Crippen molar-refractivity contribution >= 4 is 29.3 Å². The Balaban J connectivity index is 2.26. The van der Waals surface area contributed by atoms with Gasteiger partial charge in [-0.3, -0.25) is 4.79 Å². The number of anilines is 2. The van der Waals surface area contributed by atoms with E-state index in [2.05, 4.69) is 16.0 Å². The predicted octanol–water partition coefficient (Wildman–Crippen LogP) is 4.78. The number of nitrogens with one attached hydrogen (secondary N) is 3. The number of hydrogen-bond acceptors (Lipinski definition) is 4. The van der Waals surface area contributed by atoms with Crippen LogP contribution in [0.3, 0.4) is 0 Å². The molecule has 2 atom stereocenters. The van der Waals surface area contributed by atoms with Crippen molar-refractivity contribution in [2.45, 2.75) is 66.2 Å². The van der Waals surface area contributed by atoms with Crippen LogP contribution in [-0.2, 0) is 9.53 Å². The first-order valence-corrected chi connectivity index (χ1v) is 10.8. The molecule has 0 spiro atoms. The third-order valence-corrected chi connectivity index (χ3v) is 4.95. The summed E-state index contributed by atoms with van der Waals surface area (Å²) in [5.74, 6) is -2.76. The van der Waals surface area contributed by atoms with Crippen molar-refractivity contribution in [3.63, 3.8) is 0 Å². The quantitative estimate of drug-likeness (QED) is 0.462. The molecule has 2 rings (SSSR count). The van der Waals surface area contributed by atoms with Gasteiger partial charge in [-0.2, -0.15) is 0 Å². The molecule has 0 heterocycles. The predicted molar refractivity (Wildman–Crippen MR) is 129 cm³/mol. The minimum atomic E-state index is -1.36. The fourth-order valence-corrected chi connectivity index (χ4v) is 3.69. The first-order valence-electron chi connectivity index (χ1n) is 10.8. The molecule has 0 aliphatic heterocycles. The van der Waals surface area contributed by atoms with Gasteiger partial charge in [0, 0.05) is 5.69 Å². The summed E-state index contributed by atoms with van der Waals surface area (Å²) in [6.45, 7) is 12.5. The van der Waals surface area contributed by atoms with Gasteiger partial charge in [-0.15, -0.1) is 0 Å². The van der Waals surface area contributed by atoms with Crippen LogP contribution in [0.4, 0.5) is 20.6 Å². The Hall–Kier alpha value is -3.46. The van der Waals surface area contributed by atoms with Gasteiger partial charge in [0.2, 0.25) is 0 Å². The second kappa shape index (κ2) is 10.6. The molecule has 0 aromatic heterocycles. The van der Waals surface area contributed by atoms with Crippen LogP contribution in [0, 0.1) is 26.6 Å². The molecule has 0 radical (unpaired) electrons. The van der Waals surface area contributed by atoms with Crippen molar-refractivity contribution in [1.82, 2.24) is 5.32 Å². The van der Waals surface area contributed by atoms with E-state index in [4.69, 9.17) is 4.74 Å². The Morgan fingerprint density at radius 3 is 2.12 bits per heavy atom. The van der Waals surface area contributed by atoms with Crippen LogP contribution in [0.15, 0.2) is 30.3 Å². The maximum absolute atomic E-state index is 13.9. The van der Waals surface area contributed by atoms with Gasteiger partial charge in [0.1, 0.15) is 5.82 Å². The lowest BCUT2D eigenvalue weighted by molar-refractivity contribution is -0.146. The molecule has 0 unspecified atom stereocenters. The van der Waals surface area contributed by atoms with E-state index in [1.807, 2.05) is 32.9 Å². The van der Waals surface area contributed by atoms with Crippen molar-refractivity contribution in [2.75, 3.05) is 10.6 Å². The molecule has 8 nitrogen and oxygen atoms in total. The number of carbonyl (C=O) groups is 3. The molecule has 2 aromatic carbocycles.